The number of H-pyrrole nitrogens is 1. The van der Waals surface area contributed by atoms with Crippen molar-refractivity contribution in [3.8, 4) is 0 Å². The van der Waals surface area contributed by atoms with E-state index in [-0.39, 0.29) is 19.3 Å². The Bertz CT molecular complexity index is 601. The van der Waals surface area contributed by atoms with E-state index >= 15 is 0 Å². The molecule has 1 rings (SSSR count). The zero-order chi connectivity index (χ0) is 18.3. The molecule has 0 amide bonds. The predicted octanol–water partition coefficient (Wildman–Crippen LogP) is 0.113. The zero-order valence-corrected chi connectivity index (χ0v) is 15.4. The van der Waals surface area contributed by atoms with E-state index in [4.69, 9.17) is 15.2 Å². The van der Waals surface area contributed by atoms with Gasteiger partial charge in [-0.1, -0.05) is 0 Å². The minimum absolute atomic E-state index is 0.0602. The smallest absolute Gasteiger partial charge is 0.323 e. The van der Waals surface area contributed by atoms with Crippen molar-refractivity contribution < 1.29 is 22.7 Å². The molecule has 0 unspecified atom stereocenters. The molecule has 0 aromatic carbocycles. The molecule has 138 valence electrons. The van der Waals surface area contributed by atoms with Crippen LogP contribution in [0.2, 0.25) is 0 Å². The minimum Gasteiger partial charge on any atom is -0.462 e. The van der Waals surface area contributed by atoms with Crippen LogP contribution in [0.25, 0.3) is 0 Å². The van der Waals surface area contributed by atoms with Crippen molar-refractivity contribution in [1.29, 1.82) is 0 Å². The van der Waals surface area contributed by atoms with Gasteiger partial charge < -0.3 is 20.2 Å². The lowest BCUT2D eigenvalue weighted by atomic mass is 10.2. The molecule has 0 radical (unpaired) electrons. The molecule has 0 aliphatic rings. The fourth-order valence-electron chi connectivity index (χ4n) is 2.04. The number of likely N-dealkylation sites (N-methyl/N-ethyl adjacent to an activating group) is 1. The number of hydrogen-bond donors (Lipinski definition) is 2. The quantitative estimate of drug-likeness (QED) is 0.572. The van der Waals surface area contributed by atoms with Crippen LogP contribution < -0.4 is 5.73 Å². The second-order valence-electron chi connectivity index (χ2n) is 5.99. The van der Waals surface area contributed by atoms with Crippen molar-refractivity contribution in [3.05, 3.63) is 24.0 Å². The Labute approximate surface area is 143 Å². The van der Waals surface area contributed by atoms with Crippen LogP contribution >= 0.6 is 0 Å². The molecule has 0 saturated carbocycles. The van der Waals surface area contributed by atoms with Crippen molar-refractivity contribution >= 4 is 16.0 Å². The summed E-state index contributed by atoms with van der Waals surface area (Å²) in [5.41, 5.74) is 6.66. The fraction of sp³-hybridized carbons (Fsp3) is 0.667. The molecule has 3 N–H and O–H groups in total. The molecule has 8 nitrogen and oxygen atoms in total. The van der Waals surface area contributed by atoms with Gasteiger partial charge in [-0.15, -0.1) is 0 Å². The second kappa shape index (κ2) is 9.16. The van der Waals surface area contributed by atoms with Gasteiger partial charge in [0.1, 0.15) is 18.8 Å². The van der Waals surface area contributed by atoms with Gasteiger partial charge in [-0.3, -0.25) is 4.79 Å². The maximum Gasteiger partial charge on any atom is 0.323 e. The van der Waals surface area contributed by atoms with Crippen LogP contribution in [-0.2, 0) is 30.7 Å². The first kappa shape index (κ1) is 20.6. The van der Waals surface area contributed by atoms with Crippen molar-refractivity contribution in [1.82, 2.24) is 9.29 Å². The molecule has 2 atom stereocenters. The molecule has 0 aliphatic carbocycles. The number of ether oxygens (including phenoxy) is 2. The van der Waals surface area contributed by atoms with E-state index in [2.05, 4.69) is 4.98 Å². The SMILES string of the molecule is CC(C)O[C@H](COC(=O)[C@@H](N)Cc1ccc[nH]1)CN(C)S(C)(=O)=O. The highest BCUT2D eigenvalue weighted by Gasteiger charge is 2.23. The molecule has 1 heterocycles. The molecule has 1 aromatic heterocycles. The lowest BCUT2D eigenvalue weighted by Gasteiger charge is -2.25. The monoisotopic (exact) mass is 361 g/mol. The molecule has 0 aliphatic heterocycles. The number of rotatable bonds is 10. The summed E-state index contributed by atoms with van der Waals surface area (Å²) in [5.74, 6) is -0.552. The van der Waals surface area contributed by atoms with Crippen molar-refractivity contribution in [2.24, 2.45) is 5.73 Å². The zero-order valence-electron chi connectivity index (χ0n) is 14.6. The number of aromatic nitrogens is 1. The number of esters is 1. The lowest BCUT2D eigenvalue weighted by Crippen LogP contribution is -2.41. The Hall–Kier alpha value is -1.42. The molecule has 0 spiro atoms. The third-order valence-corrected chi connectivity index (χ3v) is 4.59. The molecule has 0 fully saturated rings. The normalized spacial score (nSPS) is 14.8. The van der Waals surface area contributed by atoms with E-state index < -0.39 is 28.1 Å². The van der Waals surface area contributed by atoms with E-state index in [1.807, 2.05) is 26.0 Å². The summed E-state index contributed by atoms with van der Waals surface area (Å²) in [4.78, 5) is 15.0. The fourth-order valence-corrected chi connectivity index (χ4v) is 2.48. The minimum atomic E-state index is -3.34. The lowest BCUT2D eigenvalue weighted by molar-refractivity contribution is -0.150. The number of sulfonamides is 1. The Morgan fingerprint density at radius 3 is 2.58 bits per heavy atom. The van der Waals surface area contributed by atoms with Gasteiger partial charge in [0, 0.05) is 31.9 Å². The highest BCUT2D eigenvalue weighted by Crippen LogP contribution is 2.06. The van der Waals surface area contributed by atoms with E-state index in [1.165, 1.54) is 7.05 Å². The van der Waals surface area contributed by atoms with Gasteiger partial charge in [-0.05, 0) is 26.0 Å². The van der Waals surface area contributed by atoms with Crippen molar-refractivity contribution in [2.75, 3.05) is 26.5 Å². The number of nitrogens with zero attached hydrogens (tertiary/aromatic N) is 1. The van der Waals surface area contributed by atoms with E-state index in [1.54, 1.807) is 6.20 Å². The number of nitrogens with two attached hydrogens (primary N) is 1. The standard InChI is InChI=1S/C15H27N3O5S/c1-11(2)23-13(9-18(3)24(4,20)21)10-22-15(19)14(16)8-12-6-5-7-17-12/h5-7,11,13-14,17H,8-10,16H2,1-4H3/t13-,14-/m0/s1. The van der Waals surface area contributed by atoms with Crippen molar-refractivity contribution in [2.45, 2.75) is 38.5 Å². The molecule has 1 aromatic rings. The number of aromatic amines is 1. The summed E-state index contributed by atoms with van der Waals surface area (Å²) in [5, 5.41) is 0. The van der Waals surface area contributed by atoms with Crippen LogP contribution in [0.5, 0.6) is 0 Å². The molecule has 24 heavy (non-hydrogen) atoms. The maximum atomic E-state index is 12.0. The van der Waals surface area contributed by atoms with Gasteiger partial charge in [0.25, 0.3) is 0 Å². The molecule has 9 heteroatoms. The third-order valence-electron chi connectivity index (χ3n) is 3.31. The molecular formula is C15H27N3O5S. The van der Waals surface area contributed by atoms with E-state index in [0.29, 0.717) is 6.42 Å². The molecule has 0 saturated heterocycles. The number of carbonyl (C=O) groups is 1. The first-order chi connectivity index (χ1) is 11.1. The average molecular weight is 361 g/mol. The van der Waals surface area contributed by atoms with Crippen LogP contribution in [0.3, 0.4) is 0 Å². The van der Waals surface area contributed by atoms with Gasteiger partial charge in [-0.2, -0.15) is 0 Å². The topological polar surface area (TPSA) is 115 Å². The summed E-state index contributed by atoms with van der Waals surface area (Å²) < 4.78 is 35.0. The maximum absolute atomic E-state index is 12.0. The van der Waals surface area contributed by atoms with Gasteiger partial charge in [0.2, 0.25) is 10.0 Å². The second-order valence-corrected chi connectivity index (χ2v) is 8.08. The van der Waals surface area contributed by atoms with Gasteiger partial charge >= 0.3 is 5.97 Å². The summed E-state index contributed by atoms with van der Waals surface area (Å²) >= 11 is 0. The molecule has 0 bridgehead atoms. The van der Waals surface area contributed by atoms with E-state index in [9.17, 15) is 13.2 Å². The number of hydrogen-bond acceptors (Lipinski definition) is 6. The van der Waals surface area contributed by atoms with Crippen LogP contribution in [0.15, 0.2) is 18.3 Å². The molecular weight excluding hydrogens is 334 g/mol. The van der Waals surface area contributed by atoms with E-state index in [0.717, 1.165) is 16.3 Å². The Morgan fingerprint density at radius 1 is 1.42 bits per heavy atom. The summed E-state index contributed by atoms with van der Waals surface area (Å²) in [6, 6.07) is 2.86. The van der Waals surface area contributed by atoms with Crippen molar-refractivity contribution in [3.63, 3.8) is 0 Å². The predicted molar refractivity (Wildman–Crippen MR) is 90.9 cm³/mol. The summed E-state index contributed by atoms with van der Waals surface area (Å²) in [6.45, 7) is 3.68. The highest BCUT2D eigenvalue weighted by molar-refractivity contribution is 7.88. The van der Waals surface area contributed by atoms with Gasteiger partial charge in [-0.25, -0.2) is 12.7 Å². The Morgan fingerprint density at radius 2 is 2.08 bits per heavy atom. The van der Waals surface area contributed by atoms with Gasteiger partial charge in [0.05, 0.1) is 12.4 Å². The Kier molecular flexibility index (Phi) is 7.88. The summed E-state index contributed by atoms with van der Waals surface area (Å²) in [7, 11) is -1.89. The average Bonchev–Trinajstić information content (AvgIpc) is 2.95. The Balaban J connectivity index is 2.55. The van der Waals surface area contributed by atoms with Crippen LogP contribution in [-0.4, -0.2) is 68.4 Å². The number of nitrogens with one attached hydrogen (secondary N) is 1. The first-order valence-corrected chi connectivity index (χ1v) is 9.55. The summed E-state index contributed by atoms with van der Waals surface area (Å²) in [6.07, 6.45) is 2.50. The van der Waals surface area contributed by atoms with Gasteiger partial charge in [0.15, 0.2) is 0 Å². The highest BCUT2D eigenvalue weighted by atomic mass is 32.2. The largest absolute Gasteiger partial charge is 0.462 e. The third kappa shape index (κ3) is 7.43. The first-order valence-electron chi connectivity index (χ1n) is 7.70. The number of carbonyl (C=O) groups excluding carboxylic acids is 1. The van der Waals surface area contributed by atoms with Crippen LogP contribution in [0.4, 0.5) is 0 Å². The van der Waals surface area contributed by atoms with Crippen LogP contribution in [0, 0.1) is 0 Å². The van der Waals surface area contributed by atoms with Crippen LogP contribution in [0.1, 0.15) is 19.5 Å².